The molecular weight excluding hydrogens is 200 g/mol. The van der Waals surface area contributed by atoms with Crippen LogP contribution < -0.4 is 5.19 Å². The van der Waals surface area contributed by atoms with Gasteiger partial charge in [0, 0.05) is 10.2 Å². The Balaban J connectivity index is 2.97. The number of hydrogen-bond acceptors (Lipinski definition) is 2. The topological polar surface area (TPSA) is 47.6 Å². The summed E-state index contributed by atoms with van der Waals surface area (Å²) in [5.74, 6) is 0. The molecule has 0 spiro atoms. The van der Waals surface area contributed by atoms with E-state index in [4.69, 9.17) is 10.5 Å². The van der Waals surface area contributed by atoms with E-state index in [-0.39, 0.29) is 0 Å². The lowest BCUT2D eigenvalue weighted by Gasteiger charge is -2.05. The summed E-state index contributed by atoms with van der Waals surface area (Å²) in [5.41, 5.74) is 1.03. The average Bonchev–Trinajstić information content (AvgIpc) is 2.29. The minimum atomic E-state index is 0.487. The van der Waals surface area contributed by atoms with Crippen LogP contribution in [-0.4, -0.2) is 10.2 Å². The molecule has 70 valence electrons. The van der Waals surface area contributed by atoms with E-state index >= 15 is 0 Å². The van der Waals surface area contributed by atoms with Gasteiger partial charge in [0.15, 0.2) is 0 Å². The highest BCUT2D eigenvalue weighted by atomic mass is 28.1. The molecule has 0 aliphatic rings. The third-order valence-electron chi connectivity index (χ3n) is 2.54. The Hall–Kier alpha value is -2.10. The molecular formula is C12H8N2Si. The van der Waals surface area contributed by atoms with Crippen LogP contribution in [0.2, 0.25) is 0 Å². The molecule has 2 rings (SSSR count). The maximum absolute atomic E-state index is 9.01. The number of hydrogen-bond donors (Lipinski definition) is 0. The van der Waals surface area contributed by atoms with Gasteiger partial charge in [0.05, 0.1) is 11.1 Å². The molecule has 0 aliphatic heterocycles. The Morgan fingerprint density at radius 2 is 1.80 bits per heavy atom. The highest BCUT2D eigenvalue weighted by Gasteiger charge is 2.08. The lowest BCUT2D eigenvalue weighted by atomic mass is 10.0. The molecule has 2 nitrogen and oxygen atoms in total. The van der Waals surface area contributed by atoms with Crippen LogP contribution in [0, 0.1) is 22.7 Å². The normalized spacial score (nSPS) is 9.73. The molecule has 0 aromatic heterocycles. The predicted molar refractivity (Wildman–Crippen MR) is 63.0 cm³/mol. The van der Waals surface area contributed by atoms with Crippen LogP contribution in [0.5, 0.6) is 0 Å². The summed E-state index contributed by atoms with van der Waals surface area (Å²) >= 11 is 0. The summed E-state index contributed by atoms with van der Waals surface area (Å²) in [6.07, 6.45) is 0. The summed E-state index contributed by atoms with van der Waals surface area (Å²) in [4.78, 5) is 0. The summed E-state index contributed by atoms with van der Waals surface area (Å²) in [6.45, 7) is 0. The van der Waals surface area contributed by atoms with Crippen LogP contribution in [0.1, 0.15) is 11.1 Å². The van der Waals surface area contributed by atoms with E-state index in [1.807, 2.05) is 24.3 Å². The van der Waals surface area contributed by atoms with Crippen LogP contribution in [-0.2, 0) is 0 Å². The standard InChI is InChI=1S/C12H8N2Si/c13-6-9-5-8-3-1-2-4-10(8)12(15)11(9)7-14/h1-5H,15H3. The molecule has 3 heteroatoms. The molecule has 2 aromatic carbocycles. The maximum atomic E-state index is 9.01. The zero-order valence-corrected chi connectivity index (χ0v) is 10.3. The monoisotopic (exact) mass is 208 g/mol. The first-order valence-corrected chi connectivity index (χ1v) is 5.60. The third kappa shape index (κ3) is 1.40. The zero-order valence-electron chi connectivity index (χ0n) is 8.28. The van der Waals surface area contributed by atoms with Gasteiger partial charge in [-0.2, -0.15) is 10.5 Å². The first kappa shape index (κ1) is 9.45. The Labute approximate surface area is 90.8 Å². The Bertz CT molecular complexity index is 618. The van der Waals surface area contributed by atoms with E-state index in [0.717, 1.165) is 26.2 Å². The minimum Gasteiger partial charge on any atom is -0.192 e. The SMILES string of the molecule is N#Cc1cc2ccccc2c([SiH3])c1C#N. The van der Waals surface area contributed by atoms with Crippen molar-refractivity contribution in [2.75, 3.05) is 0 Å². The second kappa shape index (κ2) is 3.57. The smallest absolute Gasteiger partial charge is 0.101 e. The molecule has 0 unspecified atom stereocenters. The fourth-order valence-electron chi connectivity index (χ4n) is 1.76. The van der Waals surface area contributed by atoms with Gasteiger partial charge in [0.25, 0.3) is 0 Å². The molecule has 0 radical (unpaired) electrons. The second-order valence-electron chi connectivity index (χ2n) is 3.37. The lowest BCUT2D eigenvalue weighted by Crippen LogP contribution is -2.11. The molecule has 0 fully saturated rings. The molecule has 0 N–H and O–H groups in total. The van der Waals surface area contributed by atoms with Crippen molar-refractivity contribution in [3.05, 3.63) is 41.5 Å². The van der Waals surface area contributed by atoms with E-state index in [2.05, 4.69) is 12.1 Å². The van der Waals surface area contributed by atoms with Crippen molar-refractivity contribution in [3.63, 3.8) is 0 Å². The van der Waals surface area contributed by atoms with Gasteiger partial charge >= 0.3 is 0 Å². The van der Waals surface area contributed by atoms with Crippen LogP contribution >= 0.6 is 0 Å². The number of nitrogens with zero attached hydrogens (tertiary/aromatic N) is 2. The van der Waals surface area contributed by atoms with Crippen LogP contribution in [0.4, 0.5) is 0 Å². The Morgan fingerprint density at radius 3 is 2.47 bits per heavy atom. The largest absolute Gasteiger partial charge is 0.192 e. The van der Waals surface area contributed by atoms with Crippen molar-refractivity contribution in [3.8, 4) is 12.1 Å². The Kier molecular flexibility index (Phi) is 2.25. The molecule has 0 saturated carbocycles. The first-order valence-electron chi connectivity index (χ1n) is 4.60. The number of fused-ring (bicyclic) bond motifs is 1. The number of rotatable bonds is 0. The molecule has 0 atom stereocenters. The van der Waals surface area contributed by atoms with E-state index < -0.39 is 0 Å². The van der Waals surface area contributed by atoms with Crippen molar-refractivity contribution >= 4 is 26.2 Å². The van der Waals surface area contributed by atoms with Gasteiger partial charge in [-0.1, -0.05) is 24.3 Å². The second-order valence-corrected chi connectivity index (χ2v) is 4.37. The molecule has 2 aromatic rings. The minimum absolute atomic E-state index is 0.487. The zero-order chi connectivity index (χ0) is 10.8. The fraction of sp³-hybridized carbons (Fsp3) is 0. The van der Waals surface area contributed by atoms with Crippen molar-refractivity contribution in [1.29, 1.82) is 10.5 Å². The van der Waals surface area contributed by atoms with Gasteiger partial charge < -0.3 is 0 Å². The molecule has 15 heavy (non-hydrogen) atoms. The van der Waals surface area contributed by atoms with Crippen molar-refractivity contribution < 1.29 is 0 Å². The van der Waals surface area contributed by atoms with E-state index in [0.29, 0.717) is 11.1 Å². The van der Waals surface area contributed by atoms with E-state index in [1.54, 1.807) is 6.07 Å². The van der Waals surface area contributed by atoms with E-state index in [1.165, 1.54) is 0 Å². The maximum Gasteiger partial charge on any atom is 0.101 e. The molecule has 0 heterocycles. The third-order valence-corrected chi connectivity index (χ3v) is 3.58. The number of nitriles is 2. The van der Waals surface area contributed by atoms with Crippen molar-refractivity contribution in [2.45, 2.75) is 0 Å². The lowest BCUT2D eigenvalue weighted by molar-refractivity contribution is 1.46. The predicted octanol–water partition coefficient (Wildman–Crippen LogP) is 0.574. The molecule has 0 amide bonds. The fourth-order valence-corrected chi connectivity index (χ4v) is 2.60. The number of benzene rings is 2. The highest BCUT2D eigenvalue weighted by Crippen LogP contribution is 2.16. The van der Waals surface area contributed by atoms with Crippen LogP contribution in [0.25, 0.3) is 10.8 Å². The van der Waals surface area contributed by atoms with Gasteiger partial charge in [-0.25, -0.2) is 0 Å². The summed E-state index contributed by atoms with van der Waals surface area (Å²) in [7, 11) is 0.778. The van der Waals surface area contributed by atoms with Gasteiger partial charge in [0.2, 0.25) is 0 Å². The van der Waals surface area contributed by atoms with Gasteiger partial charge in [-0.3, -0.25) is 0 Å². The summed E-state index contributed by atoms with van der Waals surface area (Å²) < 4.78 is 0. The van der Waals surface area contributed by atoms with Gasteiger partial charge in [-0.05, 0) is 22.0 Å². The summed E-state index contributed by atoms with van der Waals surface area (Å²) in [5, 5.41) is 21.1. The molecule has 0 bridgehead atoms. The Morgan fingerprint density at radius 1 is 1.07 bits per heavy atom. The van der Waals surface area contributed by atoms with Gasteiger partial charge in [0.1, 0.15) is 12.1 Å². The van der Waals surface area contributed by atoms with Crippen molar-refractivity contribution in [1.82, 2.24) is 0 Å². The quantitative estimate of drug-likeness (QED) is 0.594. The molecule has 0 aliphatic carbocycles. The summed E-state index contributed by atoms with van der Waals surface area (Å²) in [6, 6.07) is 13.9. The highest BCUT2D eigenvalue weighted by molar-refractivity contribution is 6.40. The first-order chi connectivity index (χ1) is 7.27. The van der Waals surface area contributed by atoms with Crippen LogP contribution in [0.3, 0.4) is 0 Å². The molecule has 0 saturated heterocycles. The van der Waals surface area contributed by atoms with Crippen LogP contribution in [0.15, 0.2) is 30.3 Å². The average molecular weight is 208 g/mol. The van der Waals surface area contributed by atoms with Gasteiger partial charge in [-0.15, -0.1) is 0 Å². The van der Waals surface area contributed by atoms with E-state index in [9.17, 15) is 0 Å². The van der Waals surface area contributed by atoms with Crippen molar-refractivity contribution in [2.24, 2.45) is 0 Å².